The minimum atomic E-state index is -0.986. The van der Waals surface area contributed by atoms with Gasteiger partial charge in [-0.1, -0.05) is 6.92 Å². The van der Waals surface area contributed by atoms with Gasteiger partial charge in [0.05, 0.1) is 0 Å². The first-order chi connectivity index (χ1) is 10.8. The van der Waals surface area contributed by atoms with Crippen LogP contribution in [-0.2, 0) is 14.3 Å². The highest BCUT2D eigenvalue weighted by atomic mass is 16.5. The van der Waals surface area contributed by atoms with Gasteiger partial charge in [0.1, 0.15) is 0 Å². The summed E-state index contributed by atoms with van der Waals surface area (Å²) in [6.45, 7) is 13.1. The van der Waals surface area contributed by atoms with Crippen LogP contribution in [0, 0.1) is 0 Å². The minimum Gasteiger partial charge on any atom is -0.444 e. The fraction of sp³-hybridized carbons (Fsp3) is 0.812. The van der Waals surface area contributed by atoms with E-state index in [-0.39, 0.29) is 11.8 Å². The van der Waals surface area contributed by atoms with Crippen molar-refractivity contribution in [2.24, 2.45) is 5.10 Å². The van der Waals surface area contributed by atoms with Gasteiger partial charge < -0.3 is 10.1 Å². The first kappa shape index (κ1) is 19.4. The molecule has 2 amide bonds. The van der Waals surface area contributed by atoms with Gasteiger partial charge in [-0.3, -0.25) is 14.5 Å². The molecule has 1 aliphatic heterocycles. The summed E-state index contributed by atoms with van der Waals surface area (Å²) in [5.74, 6) is -0.196. The molecule has 0 aromatic heterocycles. The van der Waals surface area contributed by atoms with E-state index in [4.69, 9.17) is 4.74 Å². The van der Waals surface area contributed by atoms with Crippen molar-refractivity contribution < 1.29 is 14.3 Å². The van der Waals surface area contributed by atoms with E-state index >= 15 is 0 Å². The quantitative estimate of drug-likeness (QED) is 0.734. The summed E-state index contributed by atoms with van der Waals surface area (Å²) < 4.78 is 5.52. The maximum atomic E-state index is 12.3. The van der Waals surface area contributed by atoms with E-state index in [1.165, 1.54) is 6.92 Å². The number of carbonyl (C=O) groups excluding carboxylic acids is 2. The molecule has 7 nitrogen and oxygen atoms in total. The van der Waals surface area contributed by atoms with Crippen molar-refractivity contribution in [1.82, 2.24) is 15.2 Å². The van der Waals surface area contributed by atoms with Crippen molar-refractivity contribution in [3.8, 4) is 0 Å². The molecule has 0 fully saturated rings. The predicted octanol–water partition coefficient (Wildman–Crippen LogP) is 1.54. The van der Waals surface area contributed by atoms with Crippen molar-refractivity contribution in [2.75, 3.05) is 13.1 Å². The van der Waals surface area contributed by atoms with Crippen LogP contribution in [-0.4, -0.2) is 59.0 Å². The van der Waals surface area contributed by atoms with Crippen LogP contribution in [0.3, 0.4) is 0 Å². The maximum Gasteiger partial charge on any atom is 0.284 e. The fourth-order valence-corrected chi connectivity index (χ4v) is 2.61. The molecule has 0 saturated carbocycles. The molecule has 1 aliphatic rings. The standard InChI is InChI=1S/C16H30N4O3/c1-7-8-14-18-20(13(6)21)16(23-14)15(22)17-9-10-19(11(2)3)12(4)5/h11-12,16H,7-10H2,1-6H3,(H,17,22). The van der Waals surface area contributed by atoms with Crippen molar-refractivity contribution in [1.29, 1.82) is 0 Å². The maximum absolute atomic E-state index is 12.3. The molecule has 7 heteroatoms. The SMILES string of the molecule is CCCC1=NN(C(C)=O)C(C(=O)NCCN(C(C)C)C(C)C)O1. The van der Waals surface area contributed by atoms with Gasteiger partial charge in [0.2, 0.25) is 11.8 Å². The van der Waals surface area contributed by atoms with E-state index in [1.807, 2.05) is 6.92 Å². The lowest BCUT2D eigenvalue weighted by molar-refractivity contribution is -0.146. The summed E-state index contributed by atoms with van der Waals surface area (Å²) in [5, 5.41) is 8.04. The Bertz CT molecular complexity index is 441. The van der Waals surface area contributed by atoms with E-state index < -0.39 is 6.23 Å². The molecule has 1 rings (SSSR count). The summed E-state index contributed by atoms with van der Waals surface area (Å²) in [6, 6.07) is 0.811. The third-order valence-corrected chi connectivity index (χ3v) is 3.70. The number of hydrazone groups is 1. The fourth-order valence-electron chi connectivity index (χ4n) is 2.61. The molecule has 23 heavy (non-hydrogen) atoms. The van der Waals surface area contributed by atoms with Crippen LogP contribution in [0.25, 0.3) is 0 Å². The van der Waals surface area contributed by atoms with E-state index in [1.54, 1.807) is 0 Å². The Balaban J connectivity index is 2.55. The molecule has 0 aromatic carbocycles. The second-order valence-corrected chi connectivity index (χ2v) is 6.29. The summed E-state index contributed by atoms with van der Waals surface area (Å²) in [6.07, 6.45) is 0.471. The Morgan fingerprint density at radius 2 is 1.91 bits per heavy atom. The topological polar surface area (TPSA) is 74.2 Å². The van der Waals surface area contributed by atoms with Gasteiger partial charge in [0.25, 0.3) is 12.1 Å². The number of rotatable bonds is 8. The highest BCUT2D eigenvalue weighted by molar-refractivity contribution is 5.91. The zero-order valence-electron chi connectivity index (χ0n) is 15.1. The van der Waals surface area contributed by atoms with Gasteiger partial charge in [0.15, 0.2) is 0 Å². The monoisotopic (exact) mass is 326 g/mol. The Morgan fingerprint density at radius 1 is 1.30 bits per heavy atom. The van der Waals surface area contributed by atoms with Crippen LogP contribution in [0.2, 0.25) is 0 Å². The third-order valence-electron chi connectivity index (χ3n) is 3.70. The van der Waals surface area contributed by atoms with Crippen LogP contribution in [0.5, 0.6) is 0 Å². The number of carbonyl (C=O) groups is 2. The first-order valence-corrected chi connectivity index (χ1v) is 8.35. The summed E-state index contributed by atoms with van der Waals surface area (Å²) in [4.78, 5) is 26.2. The average Bonchev–Trinajstić information content (AvgIpc) is 2.87. The molecule has 0 saturated heterocycles. The Morgan fingerprint density at radius 3 is 2.39 bits per heavy atom. The summed E-state index contributed by atoms with van der Waals surface area (Å²) >= 11 is 0. The van der Waals surface area contributed by atoms with Crippen LogP contribution < -0.4 is 5.32 Å². The lowest BCUT2D eigenvalue weighted by atomic mass is 10.2. The smallest absolute Gasteiger partial charge is 0.284 e. The van der Waals surface area contributed by atoms with Crippen molar-refractivity contribution >= 4 is 17.7 Å². The van der Waals surface area contributed by atoms with Gasteiger partial charge in [0, 0.05) is 38.5 Å². The highest BCUT2D eigenvalue weighted by Crippen LogP contribution is 2.15. The normalized spacial score (nSPS) is 17.7. The molecule has 1 heterocycles. The number of ether oxygens (including phenoxy) is 1. The second kappa shape index (κ2) is 8.86. The zero-order valence-corrected chi connectivity index (χ0v) is 15.1. The molecular weight excluding hydrogens is 296 g/mol. The molecule has 0 aliphatic carbocycles. The minimum absolute atomic E-state index is 0.303. The molecular formula is C16H30N4O3. The van der Waals surface area contributed by atoms with Gasteiger partial charge >= 0.3 is 0 Å². The van der Waals surface area contributed by atoms with E-state index in [0.717, 1.165) is 18.0 Å². The molecule has 1 unspecified atom stereocenters. The first-order valence-electron chi connectivity index (χ1n) is 8.35. The molecule has 1 atom stereocenters. The zero-order chi connectivity index (χ0) is 17.6. The summed E-state index contributed by atoms with van der Waals surface area (Å²) in [5.41, 5.74) is 0. The van der Waals surface area contributed by atoms with Crippen molar-refractivity contribution in [3.63, 3.8) is 0 Å². The van der Waals surface area contributed by atoms with Crippen LogP contribution >= 0.6 is 0 Å². The number of nitrogens with one attached hydrogen (secondary N) is 1. The van der Waals surface area contributed by atoms with E-state index in [9.17, 15) is 9.59 Å². The van der Waals surface area contributed by atoms with Crippen LogP contribution in [0.1, 0.15) is 54.4 Å². The molecule has 1 N–H and O–H groups in total. The summed E-state index contributed by atoms with van der Waals surface area (Å²) in [7, 11) is 0. The molecule has 0 bridgehead atoms. The predicted molar refractivity (Wildman–Crippen MR) is 89.7 cm³/mol. The van der Waals surface area contributed by atoms with Crippen molar-refractivity contribution in [3.05, 3.63) is 0 Å². The Hall–Kier alpha value is -1.63. The van der Waals surface area contributed by atoms with E-state index in [2.05, 4.69) is 43.0 Å². The van der Waals surface area contributed by atoms with Crippen LogP contribution in [0.15, 0.2) is 5.10 Å². The number of hydrogen-bond acceptors (Lipinski definition) is 5. The van der Waals surface area contributed by atoms with Gasteiger partial charge in [-0.15, -0.1) is 5.10 Å². The highest BCUT2D eigenvalue weighted by Gasteiger charge is 2.36. The number of amides is 2. The lowest BCUT2D eigenvalue weighted by Crippen LogP contribution is -2.48. The third kappa shape index (κ3) is 5.49. The average molecular weight is 326 g/mol. The molecule has 0 spiro atoms. The molecule has 0 aromatic rings. The van der Waals surface area contributed by atoms with Crippen molar-refractivity contribution in [2.45, 2.75) is 72.7 Å². The molecule has 132 valence electrons. The van der Waals surface area contributed by atoms with E-state index in [0.29, 0.717) is 30.9 Å². The number of hydrogen-bond donors (Lipinski definition) is 1. The van der Waals surface area contributed by atoms with Gasteiger partial charge in [-0.25, -0.2) is 0 Å². The Labute approximate surface area is 139 Å². The lowest BCUT2D eigenvalue weighted by Gasteiger charge is -2.30. The van der Waals surface area contributed by atoms with Gasteiger partial charge in [-0.05, 0) is 34.1 Å². The largest absolute Gasteiger partial charge is 0.444 e. The Kier molecular flexibility index (Phi) is 7.48. The number of nitrogens with zero attached hydrogens (tertiary/aromatic N) is 3. The molecule has 0 radical (unpaired) electrons. The van der Waals surface area contributed by atoms with Crippen LogP contribution in [0.4, 0.5) is 0 Å². The second-order valence-electron chi connectivity index (χ2n) is 6.29. The van der Waals surface area contributed by atoms with Gasteiger partial charge in [-0.2, -0.15) is 5.01 Å².